The second kappa shape index (κ2) is 11.5. The molecule has 0 aliphatic heterocycles. The maximum Gasteiger partial charge on any atom is 0.346 e. The third kappa shape index (κ3) is 6.70. The number of benzene rings is 1. The lowest BCUT2D eigenvalue weighted by molar-refractivity contribution is -0.148. The van der Waals surface area contributed by atoms with E-state index in [2.05, 4.69) is 36.2 Å². The van der Waals surface area contributed by atoms with Gasteiger partial charge in [-0.15, -0.1) is 11.3 Å². The van der Waals surface area contributed by atoms with E-state index in [1.807, 2.05) is 0 Å². The van der Waals surface area contributed by atoms with Crippen LogP contribution in [-0.2, 0) is 25.5 Å². The van der Waals surface area contributed by atoms with Gasteiger partial charge in [-0.2, -0.15) is 5.10 Å². The quantitative estimate of drug-likeness (QED) is 0.301. The largest absolute Gasteiger partial charge is 0.493 e. The number of anilines is 1. The van der Waals surface area contributed by atoms with Gasteiger partial charge in [-0.25, -0.2) is 9.78 Å². The van der Waals surface area contributed by atoms with Gasteiger partial charge in [0.2, 0.25) is 5.13 Å². The fraction of sp³-hybridized carbons (Fsp3) is 0.368. The zero-order chi connectivity index (χ0) is 22.1. The van der Waals surface area contributed by atoms with Crippen LogP contribution in [0.5, 0.6) is 11.5 Å². The lowest BCUT2D eigenvalue weighted by Gasteiger charge is -2.16. The summed E-state index contributed by atoms with van der Waals surface area (Å²) in [4.78, 5) is 27.4. The minimum absolute atomic E-state index is 0.115. The smallest absolute Gasteiger partial charge is 0.346 e. The third-order valence-corrected chi connectivity index (χ3v) is 5.15. The van der Waals surface area contributed by atoms with Crippen LogP contribution in [0.25, 0.3) is 0 Å². The summed E-state index contributed by atoms with van der Waals surface area (Å²) < 4.78 is 21.2. The van der Waals surface area contributed by atoms with E-state index in [1.165, 1.54) is 25.6 Å². The number of nitrogens with zero attached hydrogens (tertiary/aromatic N) is 2. The highest BCUT2D eigenvalue weighted by atomic mass is 79.9. The molecule has 0 spiro atoms. The van der Waals surface area contributed by atoms with Gasteiger partial charge in [0.15, 0.2) is 17.6 Å². The molecule has 0 aliphatic rings. The van der Waals surface area contributed by atoms with Crippen molar-refractivity contribution in [3.05, 3.63) is 33.2 Å². The van der Waals surface area contributed by atoms with Gasteiger partial charge in [-0.05, 0) is 41.9 Å². The number of halogens is 1. The number of carbonyl (C=O) groups excluding carboxylic acids is 2. The molecule has 1 aromatic heterocycles. The molecule has 9 nitrogen and oxygen atoms in total. The molecular weight excluding hydrogens is 478 g/mol. The monoisotopic (exact) mass is 499 g/mol. The lowest BCUT2D eigenvalue weighted by atomic mass is 10.2. The predicted molar refractivity (Wildman–Crippen MR) is 116 cm³/mol. The van der Waals surface area contributed by atoms with Crippen molar-refractivity contribution < 1.29 is 28.5 Å². The zero-order valence-corrected chi connectivity index (χ0v) is 19.3. The maximum absolute atomic E-state index is 11.6. The molecule has 0 bridgehead atoms. The Balaban J connectivity index is 2.06. The average Bonchev–Trinajstić information content (AvgIpc) is 3.15. The summed E-state index contributed by atoms with van der Waals surface area (Å²) in [5.41, 5.74) is 4.14. The van der Waals surface area contributed by atoms with Crippen LogP contribution in [0.4, 0.5) is 5.13 Å². The molecule has 11 heteroatoms. The molecule has 30 heavy (non-hydrogen) atoms. The summed E-state index contributed by atoms with van der Waals surface area (Å²) in [7, 11) is 2.79. The van der Waals surface area contributed by atoms with Gasteiger partial charge in [0, 0.05) is 15.4 Å². The van der Waals surface area contributed by atoms with E-state index in [-0.39, 0.29) is 12.4 Å². The first-order chi connectivity index (χ1) is 14.4. The molecule has 0 amide bonds. The first-order valence-corrected chi connectivity index (χ1v) is 10.6. The number of carbonyl (C=O) groups is 2. The van der Waals surface area contributed by atoms with Crippen LogP contribution in [0.1, 0.15) is 25.1 Å². The number of aromatic nitrogens is 1. The highest BCUT2D eigenvalue weighted by molar-refractivity contribution is 9.10. The van der Waals surface area contributed by atoms with Crippen molar-refractivity contribution >= 4 is 50.6 Å². The fourth-order valence-electron chi connectivity index (χ4n) is 2.26. The standard InChI is InChI=1S/C19H22BrN3O6S/c1-5-28-17(24)7-13-10-30-19(22-13)23-21-9-12-6-15(26-3)16(8-14(12)20)29-11(2)18(25)27-4/h6,8-11H,5,7H2,1-4H3,(H,22,23). The minimum atomic E-state index is -0.786. The van der Waals surface area contributed by atoms with Crippen molar-refractivity contribution in [1.29, 1.82) is 0 Å². The highest BCUT2D eigenvalue weighted by Gasteiger charge is 2.18. The van der Waals surface area contributed by atoms with Gasteiger partial charge in [-0.1, -0.05) is 0 Å². The van der Waals surface area contributed by atoms with Crippen LogP contribution in [0.15, 0.2) is 27.1 Å². The van der Waals surface area contributed by atoms with E-state index in [9.17, 15) is 9.59 Å². The minimum Gasteiger partial charge on any atom is -0.493 e. The van der Waals surface area contributed by atoms with Crippen molar-refractivity contribution in [2.45, 2.75) is 26.4 Å². The lowest BCUT2D eigenvalue weighted by Crippen LogP contribution is -2.25. The number of hydrazone groups is 1. The molecule has 162 valence electrons. The highest BCUT2D eigenvalue weighted by Crippen LogP contribution is 2.33. The molecular formula is C19H22BrN3O6S. The fourth-order valence-corrected chi connectivity index (χ4v) is 3.35. The maximum atomic E-state index is 11.6. The van der Waals surface area contributed by atoms with Gasteiger partial charge >= 0.3 is 11.9 Å². The van der Waals surface area contributed by atoms with Crippen LogP contribution in [0.2, 0.25) is 0 Å². The van der Waals surface area contributed by atoms with Crippen molar-refractivity contribution in [2.75, 3.05) is 26.3 Å². The number of methoxy groups -OCH3 is 2. The molecule has 1 aromatic carbocycles. The number of thiazole rings is 1. The Kier molecular flexibility index (Phi) is 9.06. The van der Waals surface area contributed by atoms with Crippen LogP contribution >= 0.6 is 27.3 Å². The van der Waals surface area contributed by atoms with E-state index >= 15 is 0 Å². The Morgan fingerprint density at radius 1 is 1.33 bits per heavy atom. The molecule has 0 aliphatic carbocycles. The first-order valence-electron chi connectivity index (χ1n) is 8.89. The Hall–Kier alpha value is -2.66. The number of esters is 2. The van der Waals surface area contributed by atoms with Crippen molar-refractivity contribution in [2.24, 2.45) is 5.10 Å². The molecule has 1 N–H and O–H groups in total. The molecule has 2 rings (SSSR count). The van der Waals surface area contributed by atoms with Gasteiger partial charge in [0.05, 0.1) is 39.2 Å². The van der Waals surface area contributed by atoms with Crippen LogP contribution in [-0.4, -0.2) is 50.1 Å². The summed E-state index contributed by atoms with van der Waals surface area (Å²) in [6.45, 7) is 3.68. The van der Waals surface area contributed by atoms with Crippen LogP contribution in [0.3, 0.4) is 0 Å². The second-order valence-corrected chi connectivity index (χ2v) is 7.52. The molecule has 1 atom stereocenters. The summed E-state index contributed by atoms with van der Waals surface area (Å²) in [5, 5.41) is 6.47. The predicted octanol–water partition coefficient (Wildman–Crippen LogP) is 3.41. The Bertz CT molecular complexity index is 918. The Labute approximate surface area is 186 Å². The number of rotatable bonds is 10. The summed E-state index contributed by atoms with van der Waals surface area (Å²) in [6.07, 6.45) is 0.905. The van der Waals surface area contributed by atoms with Crippen LogP contribution in [0, 0.1) is 0 Å². The van der Waals surface area contributed by atoms with Crippen molar-refractivity contribution in [3.8, 4) is 11.5 Å². The number of ether oxygens (including phenoxy) is 4. The van der Waals surface area contributed by atoms with Gasteiger partial charge in [-0.3, -0.25) is 10.2 Å². The molecule has 0 saturated heterocycles. The molecule has 1 unspecified atom stereocenters. The van der Waals surface area contributed by atoms with E-state index in [1.54, 1.807) is 37.6 Å². The molecule has 0 fully saturated rings. The number of nitrogens with one attached hydrogen (secondary N) is 1. The Morgan fingerprint density at radius 2 is 2.10 bits per heavy atom. The van der Waals surface area contributed by atoms with Gasteiger partial charge in [0.25, 0.3) is 0 Å². The van der Waals surface area contributed by atoms with E-state index < -0.39 is 12.1 Å². The second-order valence-electron chi connectivity index (χ2n) is 5.80. The average molecular weight is 500 g/mol. The summed E-state index contributed by atoms with van der Waals surface area (Å²) in [5.74, 6) is 0.00350. The Morgan fingerprint density at radius 3 is 2.77 bits per heavy atom. The number of hydrogen-bond acceptors (Lipinski definition) is 10. The van der Waals surface area contributed by atoms with E-state index in [0.29, 0.717) is 39.0 Å². The summed E-state index contributed by atoms with van der Waals surface area (Å²) in [6, 6.07) is 3.39. The van der Waals surface area contributed by atoms with Crippen molar-refractivity contribution in [1.82, 2.24) is 4.98 Å². The normalized spacial score (nSPS) is 11.8. The SMILES string of the molecule is CCOC(=O)Cc1csc(NN=Cc2cc(OC)c(OC(C)C(=O)OC)cc2Br)n1. The van der Waals surface area contributed by atoms with Gasteiger partial charge in [0.1, 0.15) is 0 Å². The molecule has 1 heterocycles. The topological polar surface area (TPSA) is 108 Å². The number of hydrogen-bond donors (Lipinski definition) is 1. The van der Waals surface area contributed by atoms with Gasteiger partial charge < -0.3 is 18.9 Å². The van der Waals surface area contributed by atoms with E-state index in [4.69, 9.17) is 14.2 Å². The van der Waals surface area contributed by atoms with Crippen molar-refractivity contribution in [3.63, 3.8) is 0 Å². The molecule has 2 aromatic rings. The third-order valence-electron chi connectivity index (χ3n) is 3.67. The van der Waals surface area contributed by atoms with E-state index in [0.717, 1.165) is 0 Å². The van der Waals surface area contributed by atoms with Crippen LogP contribution < -0.4 is 14.9 Å². The molecule has 0 radical (unpaired) electrons. The molecule has 0 saturated carbocycles. The summed E-state index contributed by atoms with van der Waals surface area (Å²) >= 11 is 4.78. The first kappa shape index (κ1) is 23.6. The zero-order valence-electron chi connectivity index (χ0n) is 16.9.